The number of rotatable bonds is 25. The highest BCUT2D eigenvalue weighted by Crippen LogP contribution is 2.32. The molecule has 23 heteroatoms. The highest BCUT2D eigenvalue weighted by atomic mass is 32.3. The van der Waals surface area contributed by atoms with Crippen LogP contribution in [0, 0.1) is 17.8 Å². The molecule has 69 heavy (non-hydrogen) atoms. The van der Waals surface area contributed by atoms with E-state index < -0.39 is 81.9 Å². The molecular formula is C46H65N7O14S2. The van der Waals surface area contributed by atoms with Gasteiger partial charge in [-0.1, -0.05) is 53.5 Å². The van der Waals surface area contributed by atoms with Crippen molar-refractivity contribution in [3.05, 3.63) is 52.0 Å². The zero-order chi connectivity index (χ0) is 51.3. The lowest BCUT2D eigenvalue weighted by atomic mass is 9.92. The Morgan fingerprint density at radius 2 is 1.70 bits per heavy atom. The number of carboxylic acids is 1. The van der Waals surface area contributed by atoms with Gasteiger partial charge in [0, 0.05) is 63.0 Å². The van der Waals surface area contributed by atoms with E-state index in [1.54, 1.807) is 11.9 Å². The number of nitrogens with one attached hydrogen (secondary N) is 3. The molecule has 0 spiro atoms. The zero-order valence-corrected chi connectivity index (χ0v) is 41.9. The molecule has 2 aromatic rings. The Labute approximate surface area is 406 Å². The third kappa shape index (κ3) is 16.4. The number of ether oxygens (including phenoxy) is 1. The highest BCUT2D eigenvalue weighted by molar-refractivity contribution is 7.81. The van der Waals surface area contributed by atoms with Crippen LogP contribution in [-0.2, 0) is 55.1 Å². The maximum absolute atomic E-state index is 14.3. The topological polar surface area (TPSA) is 288 Å². The smallest absolute Gasteiger partial charge is 0.446 e. The summed E-state index contributed by atoms with van der Waals surface area (Å²) in [6.45, 7) is 11.1. The number of hydrogen-bond donors (Lipinski definition) is 5. The molecule has 6 amide bonds. The van der Waals surface area contributed by atoms with Crippen molar-refractivity contribution >= 4 is 74.8 Å². The minimum Gasteiger partial charge on any atom is -0.481 e. The van der Waals surface area contributed by atoms with Crippen LogP contribution in [0.15, 0.2) is 35.7 Å². The molecule has 1 saturated heterocycles. The Balaban J connectivity index is 1.54. The first-order chi connectivity index (χ1) is 32.4. The summed E-state index contributed by atoms with van der Waals surface area (Å²) >= 11 is 1.05. The fourth-order valence-corrected chi connectivity index (χ4v) is 9.48. The van der Waals surface area contributed by atoms with E-state index in [4.69, 9.17) is 4.74 Å². The van der Waals surface area contributed by atoms with E-state index >= 15 is 0 Å². The van der Waals surface area contributed by atoms with Gasteiger partial charge in [0.05, 0.1) is 17.6 Å². The molecule has 0 radical (unpaired) electrons. The summed E-state index contributed by atoms with van der Waals surface area (Å²) in [7, 11) is -1.51. The highest BCUT2D eigenvalue weighted by Gasteiger charge is 2.37. The van der Waals surface area contributed by atoms with E-state index in [1.807, 2.05) is 39.6 Å². The Bertz CT molecular complexity index is 2340. The normalized spacial score (nSPS) is 17.9. The molecule has 4 rings (SSSR count). The van der Waals surface area contributed by atoms with Crippen LogP contribution in [0.2, 0.25) is 0 Å². The van der Waals surface area contributed by atoms with Crippen LogP contribution in [0.5, 0.6) is 5.75 Å². The van der Waals surface area contributed by atoms with Crippen LogP contribution in [0.25, 0.3) is 0 Å². The quantitative estimate of drug-likeness (QED) is 0.0535. The van der Waals surface area contributed by atoms with Gasteiger partial charge in [-0.2, -0.15) is 8.42 Å². The molecule has 380 valence electrons. The molecule has 2 aliphatic rings. The number of aromatic nitrogens is 1. The Morgan fingerprint density at radius 1 is 1.01 bits per heavy atom. The Kier molecular flexibility index (Phi) is 20.4. The fraction of sp³-hybridized carbons (Fsp3) is 0.587. The number of benzene rings is 1. The molecule has 3 heterocycles. The second kappa shape index (κ2) is 25.2. The largest absolute Gasteiger partial charge is 0.481 e. The monoisotopic (exact) mass is 1000 g/mol. The van der Waals surface area contributed by atoms with Gasteiger partial charge in [0.2, 0.25) is 17.7 Å². The summed E-state index contributed by atoms with van der Waals surface area (Å²) in [5, 5.41) is 19.9. The standard InChI is InChI=1S/C46H65N7O14S2/c1-9-27(4)41(50-43(59)34-13-10-11-19-51(34)7)45(60)52(8)35(26(2)3)24-37(66-29(6)54)44-49-33(25-68-44)42(58)47-31(21-28(5)46(61)62)22-30-15-16-36(67-69(63,64)65)32(23-30)48-38(55)14-12-20-53-39(56)17-18-40(53)57/h15-18,23,25-28,31,34-35,37,41H,9-14,19-22,24H2,1-8H3,(H,47,58)(H,48,55)(H,50,59)(H,61,62)(H,63,64,65)/t27-,28-,31+,34+,35+,37+,41-/m0/s1. The van der Waals surface area contributed by atoms with Crippen LogP contribution in [0.1, 0.15) is 120 Å². The lowest BCUT2D eigenvalue weighted by molar-refractivity contribution is -0.149. The van der Waals surface area contributed by atoms with E-state index in [0.717, 1.165) is 53.8 Å². The predicted molar refractivity (Wildman–Crippen MR) is 253 cm³/mol. The Hall–Kier alpha value is -5.78. The number of nitrogens with zero attached hydrogens (tertiary/aromatic N) is 4. The first-order valence-corrected chi connectivity index (χ1v) is 25.2. The summed E-state index contributed by atoms with van der Waals surface area (Å²) < 4.78 is 43.2. The van der Waals surface area contributed by atoms with Gasteiger partial charge in [-0.25, -0.2) is 4.98 Å². The summed E-state index contributed by atoms with van der Waals surface area (Å²) in [5.41, 5.74) is 0.108. The van der Waals surface area contributed by atoms with Gasteiger partial charge in [-0.05, 0) is 75.2 Å². The van der Waals surface area contributed by atoms with E-state index in [0.29, 0.717) is 18.4 Å². The number of thiazole rings is 1. The van der Waals surface area contributed by atoms with Gasteiger partial charge in [-0.3, -0.25) is 52.7 Å². The Morgan fingerprint density at radius 3 is 2.29 bits per heavy atom. The van der Waals surface area contributed by atoms with Gasteiger partial charge < -0.3 is 34.9 Å². The lowest BCUT2D eigenvalue weighted by Crippen LogP contribution is -2.58. The predicted octanol–water partition coefficient (Wildman–Crippen LogP) is 3.91. The number of carboxylic acid groups (broad SMARTS) is 1. The fourth-order valence-electron chi connectivity index (χ4n) is 8.27. The number of anilines is 1. The van der Waals surface area contributed by atoms with Crippen molar-refractivity contribution in [2.75, 3.05) is 32.5 Å². The maximum Gasteiger partial charge on any atom is 0.446 e. The van der Waals surface area contributed by atoms with Crippen molar-refractivity contribution in [3.63, 3.8) is 0 Å². The van der Waals surface area contributed by atoms with Gasteiger partial charge in [0.1, 0.15) is 16.7 Å². The minimum atomic E-state index is -5.06. The molecule has 5 N–H and O–H groups in total. The van der Waals surface area contributed by atoms with E-state index in [2.05, 4.69) is 25.1 Å². The maximum atomic E-state index is 14.3. The number of amides is 6. The van der Waals surface area contributed by atoms with Crippen molar-refractivity contribution in [2.24, 2.45) is 17.8 Å². The molecule has 1 aromatic heterocycles. The summed E-state index contributed by atoms with van der Waals surface area (Å²) in [6.07, 6.45) is 4.26. The zero-order valence-electron chi connectivity index (χ0n) is 40.3. The number of aliphatic carboxylic acids is 1. The number of esters is 1. The van der Waals surface area contributed by atoms with Crippen LogP contribution in [0.4, 0.5) is 5.69 Å². The van der Waals surface area contributed by atoms with E-state index in [-0.39, 0.29) is 84.7 Å². The second-order valence-corrected chi connectivity index (χ2v) is 19.9. The minimum absolute atomic E-state index is 0.0521. The third-order valence-electron chi connectivity index (χ3n) is 12.3. The van der Waals surface area contributed by atoms with Gasteiger partial charge in [0.15, 0.2) is 11.9 Å². The molecule has 2 aliphatic heterocycles. The first kappa shape index (κ1) is 55.8. The molecule has 0 bridgehead atoms. The molecule has 1 aromatic carbocycles. The van der Waals surface area contributed by atoms with Gasteiger partial charge in [0.25, 0.3) is 17.7 Å². The number of piperidine rings is 1. The number of hydrogen-bond acceptors (Lipinski definition) is 15. The second-order valence-electron chi connectivity index (χ2n) is 18.0. The van der Waals surface area contributed by atoms with Gasteiger partial charge in [-0.15, -0.1) is 11.3 Å². The van der Waals surface area contributed by atoms with E-state index in [1.165, 1.54) is 31.4 Å². The van der Waals surface area contributed by atoms with Crippen LogP contribution in [0.3, 0.4) is 0 Å². The number of imide groups is 1. The van der Waals surface area contributed by atoms with Crippen LogP contribution >= 0.6 is 11.3 Å². The lowest BCUT2D eigenvalue weighted by Gasteiger charge is -2.38. The number of likely N-dealkylation sites (tertiary alicyclic amines) is 1. The average Bonchev–Trinajstić information content (AvgIpc) is 3.90. The molecule has 1 fully saturated rings. The van der Waals surface area contributed by atoms with Gasteiger partial charge >= 0.3 is 22.3 Å². The average molecular weight is 1000 g/mol. The molecule has 0 aliphatic carbocycles. The summed E-state index contributed by atoms with van der Waals surface area (Å²) in [6, 6.07) is 1.31. The molecule has 0 unspecified atom stereocenters. The molecular weight excluding hydrogens is 939 g/mol. The number of likely N-dealkylation sites (N-methyl/N-ethyl adjacent to an activating group) is 2. The summed E-state index contributed by atoms with van der Waals surface area (Å²) in [4.78, 5) is 112. The molecule has 21 nitrogen and oxygen atoms in total. The van der Waals surface area contributed by atoms with Crippen LogP contribution < -0.4 is 20.1 Å². The van der Waals surface area contributed by atoms with Crippen molar-refractivity contribution in [3.8, 4) is 5.75 Å². The van der Waals surface area contributed by atoms with Crippen molar-refractivity contribution in [2.45, 2.75) is 130 Å². The summed E-state index contributed by atoms with van der Waals surface area (Å²) in [5.74, 6) is -6.45. The molecule has 0 saturated carbocycles. The van der Waals surface area contributed by atoms with E-state index in [9.17, 15) is 56.4 Å². The number of carbonyl (C=O) groups excluding carboxylic acids is 7. The van der Waals surface area contributed by atoms with Crippen LogP contribution in [-0.4, -0.2) is 136 Å². The number of carbonyl (C=O) groups is 8. The molecule has 7 atom stereocenters. The van der Waals surface area contributed by atoms with Crippen molar-refractivity contribution in [1.29, 1.82) is 0 Å². The van der Waals surface area contributed by atoms with Crippen molar-refractivity contribution in [1.82, 2.24) is 30.3 Å². The third-order valence-corrected chi connectivity index (χ3v) is 13.7. The first-order valence-electron chi connectivity index (χ1n) is 23.0. The van der Waals surface area contributed by atoms with Crippen molar-refractivity contribution < 1.29 is 65.4 Å². The SMILES string of the molecule is CC[C@H](C)[C@H](NC(=O)[C@H]1CCCCN1C)C(=O)N(C)[C@H](C[C@@H](OC(C)=O)c1nc(C(=O)N[C@@H](Cc2ccc(OS(=O)(=O)O)c(NC(=O)CCCN3C(=O)C=CC3=O)c2)C[C@H](C)C(=O)O)cs1)C(C)C.